The van der Waals surface area contributed by atoms with Crippen molar-refractivity contribution >= 4 is 77.1 Å². The first kappa shape index (κ1) is 19.2. The zero-order valence-corrected chi connectivity index (χ0v) is 20.0. The van der Waals surface area contributed by atoms with Crippen LogP contribution < -0.4 is 4.90 Å². The Kier molecular flexibility index (Phi) is 4.30. The zero-order valence-electron chi connectivity index (χ0n) is 17.6. The summed E-state index contributed by atoms with van der Waals surface area (Å²) in [6.07, 6.45) is 0. The third-order valence-corrected chi connectivity index (χ3v) is 8.10. The van der Waals surface area contributed by atoms with Crippen molar-refractivity contribution in [2.24, 2.45) is 0 Å². The van der Waals surface area contributed by atoms with Crippen molar-refractivity contribution in [2.45, 2.75) is 9.79 Å². The maximum absolute atomic E-state index is 3.69. The van der Waals surface area contributed by atoms with E-state index in [1.54, 1.807) is 0 Å². The average molecular weight is 504 g/mol. The molecule has 3 heteroatoms. The average Bonchev–Trinajstić information content (AvgIpc) is 2.87. The van der Waals surface area contributed by atoms with E-state index in [1.165, 1.54) is 59.2 Å². The molecule has 0 unspecified atom stereocenters. The quantitative estimate of drug-likeness (QED) is 0.205. The van der Waals surface area contributed by atoms with Gasteiger partial charge in [-0.2, -0.15) is 0 Å². The van der Waals surface area contributed by atoms with E-state index in [-0.39, 0.29) is 0 Å². The van der Waals surface area contributed by atoms with Crippen molar-refractivity contribution in [1.29, 1.82) is 0 Å². The molecule has 33 heavy (non-hydrogen) atoms. The molecule has 6 aromatic carbocycles. The van der Waals surface area contributed by atoms with Crippen LogP contribution in [-0.4, -0.2) is 0 Å². The number of nitrogens with zero attached hydrogens (tertiary/aromatic N) is 1. The highest BCUT2D eigenvalue weighted by molar-refractivity contribution is 9.10. The van der Waals surface area contributed by atoms with Gasteiger partial charge in [-0.3, -0.25) is 0 Å². The smallest absolute Gasteiger partial charge is 0.0612 e. The van der Waals surface area contributed by atoms with Crippen molar-refractivity contribution < 1.29 is 0 Å². The van der Waals surface area contributed by atoms with E-state index in [0.29, 0.717) is 0 Å². The van der Waals surface area contributed by atoms with Crippen molar-refractivity contribution in [2.75, 3.05) is 4.90 Å². The van der Waals surface area contributed by atoms with Gasteiger partial charge in [0.05, 0.1) is 11.4 Å². The summed E-state index contributed by atoms with van der Waals surface area (Å²) < 4.78 is 1.09. The molecule has 1 heterocycles. The van der Waals surface area contributed by atoms with Gasteiger partial charge in [-0.25, -0.2) is 0 Å². The minimum Gasteiger partial charge on any atom is -0.308 e. The van der Waals surface area contributed by atoms with E-state index in [4.69, 9.17) is 0 Å². The molecule has 0 spiro atoms. The summed E-state index contributed by atoms with van der Waals surface area (Å²) in [6.45, 7) is 0. The number of halogens is 1. The molecule has 156 valence electrons. The van der Waals surface area contributed by atoms with Gasteiger partial charge < -0.3 is 4.90 Å². The zero-order chi connectivity index (χ0) is 21.9. The van der Waals surface area contributed by atoms with Crippen LogP contribution in [0.3, 0.4) is 0 Å². The fraction of sp³-hybridized carbons (Fsp3) is 0. The minimum absolute atomic E-state index is 1.09. The topological polar surface area (TPSA) is 3.24 Å². The van der Waals surface area contributed by atoms with Crippen LogP contribution in [0, 0.1) is 0 Å². The predicted octanol–water partition coefficient (Wildman–Crippen LogP) is 9.84. The van der Waals surface area contributed by atoms with Gasteiger partial charge in [-0.15, -0.1) is 0 Å². The van der Waals surface area contributed by atoms with Crippen molar-refractivity contribution in [3.05, 3.63) is 114 Å². The summed E-state index contributed by atoms with van der Waals surface area (Å²) >= 11 is 5.53. The maximum atomic E-state index is 3.69. The Balaban J connectivity index is 1.57. The van der Waals surface area contributed by atoms with E-state index in [0.717, 1.165) is 4.47 Å². The van der Waals surface area contributed by atoms with E-state index in [9.17, 15) is 0 Å². The first-order valence-electron chi connectivity index (χ1n) is 11.0. The molecule has 1 aliphatic heterocycles. The number of benzene rings is 6. The summed E-state index contributed by atoms with van der Waals surface area (Å²) in [5.41, 5.74) is 3.60. The lowest BCUT2D eigenvalue weighted by Crippen LogP contribution is -2.14. The Morgan fingerprint density at radius 1 is 0.485 bits per heavy atom. The molecule has 0 fully saturated rings. The molecule has 0 aromatic heterocycles. The van der Waals surface area contributed by atoms with Crippen LogP contribution in [0.15, 0.2) is 123 Å². The Bertz CT molecular complexity index is 1690. The van der Waals surface area contributed by atoms with E-state index in [2.05, 4.69) is 130 Å². The molecule has 1 aliphatic rings. The molecule has 0 atom stereocenters. The highest BCUT2D eigenvalue weighted by atomic mass is 79.9. The van der Waals surface area contributed by atoms with Crippen LogP contribution in [0.2, 0.25) is 0 Å². The van der Waals surface area contributed by atoms with Gasteiger partial charge in [0.15, 0.2) is 0 Å². The van der Waals surface area contributed by atoms with Gasteiger partial charge in [0.25, 0.3) is 0 Å². The van der Waals surface area contributed by atoms with Gasteiger partial charge in [0.2, 0.25) is 0 Å². The lowest BCUT2D eigenvalue weighted by Gasteiger charge is -2.33. The molecule has 0 amide bonds. The molecule has 0 radical (unpaired) electrons. The Labute approximate surface area is 204 Å². The summed E-state index contributed by atoms with van der Waals surface area (Å²) in [5, 5.41) is 7.78. The lowest BCUT2D eigenvalue weighted by atomic mass is 9.94. The van der Waals surface area contributed by atoms with Crippen LogP contribution in [-0.2, 0) is 0 Å². The fourth-order valence-corrected chi connectivity index (χ4v) is 6.43. The summed E-state index contributed by atoms with van der Waals surface area (Å²) in [7, 11) is 0. The first-order chi connectivity index (χ1) is 16.3. The highest BCUT2D eigenvalue weighted by Gasteiger charge is 2.25. The maximum Gasteiger partial charge on any atom is 0.0612 e. The second-order valence-electron chi connectivity index (χ2n) is 8.34. The van der Waals surface area contributed by atoms with Crippen LogP contribution in [0.5, 0.6) is 0 Å². The number of anilines is 3. The first-order valence-corrected chi connectivity index (χ1v) is 12.6. The van der Waals surface area contributed by atoms with Crippen LogP contribution in [0.25, 0.3) is 32.3 Å². The molecular formula is C30H18BrNS. The summed E-state index contributed by atoms with van der Waals surface area (Å²) in [4.78, 5) is 4.94. The fourth-order valence-electron chi connectivity index (χ4n) is 5.04. The Morgan fingerprint density at radius 2 is 1.06 bits per heavy atom. The molecule has 0 N–H and O–H groups in total. The lowest BCUT2D eigenvalue weighted by molar-refractivity contribution is 1.16. The van der Waals surface area contributed by atoms with Gasteiger partial charge in [-0.05, 0) is 74.8 Å². The van der Waals surface area contributed by atoms with E-state index in [1.807, 2.05) is 11.8 Å². The monoisotopic (exact) mass is 503 g/mol. The second kappa shape index (κ2) is 7.38. The van der Waals surface area contributed by atoms with Crippen LogP contribution in [0.4, 0.5) is 17.1 Å². The van der Waals surface area contributed by atoms with Gasteiger partial charge in [-0.1, -0.05) is 94.4 Å². The molecule has 0 saturated heterocycles. The van der Waals surface area contributed by atoms with Gasteiger partial charge in [0.1, 0.15) is 0 Å². The van der Waals surface area contributed by atoms with Gasteiger partial charge in [0, 0.05) is 20.0 Å². The molecule has 0 saturated carbocycles. The number of fused-ring (bicyclic) bond motifs is 8. The van der Waals surface area contributed by atoms with Crippen molar-refractivity contribution in [3.63, 3.8) is 0 Å². The molecule has 7 rings (SSSR count). The number of rotatable bonds is 1. The second-order valence-corrected chi connectivity index (χ2v) is 10.3. The molecular weight excluding hydrogens is 486 g/mol. The van der Waals surface area contributed by atoms with Crippen LogP contribution >= 0.6 is 27.7 Å². The normalized spacial score (nSPS) is 12.8. The molecule has 1 nitrogen and oxygen atoms in total. The third-order valence-electron chi connectivity index (χ3n) is 6.47. The standard InChI is InChI=1S/C30H18BrNS/c31-19-13-16-30-28(17-19)32(27-11-5-6-12-29(27)33-30)20-14-15-25-23-9-2-1-7-21(23)22-8-3-4-10-24(22)26(25)18-20/h1-18H. The highest BCUT2D eigenvalue weighted by Crippen LogP contribution is 2.52. The molecule has 0 bridgehead atoms. The largest absolute Gasteiger partial charge is 0.308 e. The van der Waals surface area contributed by atoms with Crippen molar-refractivity contribution in [1.82, 2.24) is 0 Å². The van der Waals surface area contributed by atoms with Crippen LogP contribution in [0.1, 0.15) is 0 Å². The summed E-state index contributed by atoms with van der Waals surface area (Å²) in [6, 6.07) is 39.6. The Morgan fingerprint density at radius 3 is 1.79 bits per heavy atom. The summed E-state index contributed by atoms with van der Waals surface area (Å²) in [5.74, 6) is 0. The SMILES string of the molecule is Brc1ccc2c(c1)N(c1ccc3c4ccccc4c4ccccc4c3c1)c1ccccc1S2. The number of hydrogen-bond donors (Lipinski definition) is 0. The predicted molar refractivity (Wildman–Crippen MR) is 145 cm³/mol. The van der Waals surface area contributed by atoms with Crippen molar-refractivity contribution in [3.8, 4) is 0 Å². The Hall–Kier alpha value is -3.27. The van der Waals surface area contributed by atoms with E-state index >= 15 is 0 Å². The van der Waals surface area contributed by atoms with E-state index < -0.39 is 0 Å². The third kappa shape index (κ3) is 2.93. The molecule has 6 aromatic rings. The minimum atomic E-state index is 1.09. The number of hydrogen-bond acceptors (Lipinski definition) is 2. The number of para-hydroxylation sites is 1. The molecule has 0 aliphatic carbocycles. The van der Waals surface area contributed by atoms with Gasteiger partial charge >= 0.3 is 0 Å².